The minimum Gasteiger partial charge on any atom is -0.393 e. The summed E-state index contributed by atoms with van der Waals surface area (Å²) >= 11 is 2.23. The van der Waals surface area contributed by atoms with Crippen molar-refractivity contribution in [3.05, 3.63) is 0 Å². The zero-order valence-electron chi connectivity index (χ0n) is 6.59. The number of nitrogens with one attached hydrogen (secondary N) is 1. The lowest BCUT2D eigenvalue weighted by Crippen LogP contribution is -2.36. The fourth-order valence-corrected chi connectivity index (χ4v) is 2.89. The van der Waals surface area contributed by atoms with Gasteiger partial charge in [-0.2, -0.15) is 0 Å². The maximum Gasteiger partial charge on any atom is 0.0580 e. The molecule has 2 nitrogen and oxygen atoms in total. The summed E-state index contributed by atoms with van der Waals surface area (Å²) in [4.78, 5) is 0. The summed E-state index contributed by atoms with van der Waals surface area (Å²) in [5.74, 6) is 0.493. The van der Waals surface area contributed by atoms with Gasteiger partial charge < -0.3 is 5.11 Å². The molecule has 0 heterocycles. The fourth-order valence-electron chi connectivity index (χ4n) is 1.47. The van der Waals surface area contributed by atoms with Gasteiger partial charge in [0.2, 0.25) is 0 Å². The smallest absolute Gasteiger partial charge is 0.0580 e. The molecule has 0 aromatic rings. The minimum absolute atomic E-state index is 0.0928. The van der Waals surface area contributed by atoms with E-state index in [4.69, 9.17) is 0 Å². The van der Waals surface area contributed by atoms with E-state index in [1.54, 1.807) is 9.12 Å². The van der Waals surface area contributed by atoms with Crippen molar-refractivity contribution in [2.24, 2.45) is 5.92 Å². The molecule has 0 amide bonds. The van der Waals surface area contributed by atoms with Gasteiger partial charge in [0, 0.05) is 27.2 Å². The molecule has 1 aliphatic carbocycles. The molecule has 0 saturated heterocycles. The van der Waals surface area contributed by atoms with Crippen LogP contribution in [-0.4, -0.2) is 17.3 Å². The van der Waals surface area contributed by atoms with E-state index in [2.05, 4.69) is 32.9 Å². The third kappa shape index (κ3) is 3.08. The van der Waals surface area contributed by atoms with Crippen molar-refractivity contribution in [1.82, 2.24) is 4.72 Å². The van der Waals surface area contributed by atoms with Crippen molar-refractivity contribution in [3.8, 4) is 0 Å². The predicted molar refractivity (Wildman–Crippen MR) is 57.6 cm³/mol. The van der Waals surface area contributed by atoms with Crippen molar-refractivity contribution in [3.63, 3.8) is 0 Å². The van der Waals surface area contributed by atoms with Crippen molar-refractivity contribution in [1.29, 1.82) is 0 Å². The van der Waals surface area contributed by atoms with Crippen molar-refractivity contribution >= 4 is 30.3 Å². The predicted octanol–water partition coefficient (Wildman–Crippen LogP) is 2.12. The van der Waals surface area contributed by atoms with Gasteiger partial charge >= 0.3 is 0 Å². The maximum absolute atomic E-state index is 9.52. The average Bonchev–Trinajstić information content (AvgIpc) is 1.98. The Morgan fingerprint density at radius 3 is 2.82 bits per heavy atom. The molecular formula is C7H14INOS. The van der Waals surface area contributed by atoms with Crippen LogP contribution in [0.1, 0.15) is 26.2 Å². The van der Waals surface area contributed by atoms with Crippen LogP contribution in [0.25, 0.3) is 0 Å². The summed E-state index contributed by atoms with van der Waals surface area (Å²) in [5, 5.41) is 9.52. The van der Waals surface area contributed by atoms with Gasteiger partial charge in [-0.25, -0.2) is 0 Å². The largest absolute Gasteiger partial charge is 0.393 e. The SMILES string of the molecule is C[C@@H]1CC[C@@H](NSI)C[C@H]1O. The molecule has 0 radical (unpaired) electrons. The number of aliphatic hydroxyl groups is 1. The summed E-state index contributed by atoms with van der Waals surface area (Å²) in [6.07, 6.45) is 3.17. The van der Waals surface area contributed by atoms with Crippen molar-refractivity contribution in [2.45, 2.75) is 38.3 Å². The first kappa shape index (κ1) is 10.1. The fraction of sp³-hybridized carbons (Fsp3) is 1.00. The molecule has 1 rings (SSSR count). The van der Waals surface area contributed by atoms with E-state index in [-0.39, 0.29) is 6.10 Å². The highest BCUT2D eigenvalue weighted by Gasteiger charge is 2.25. The van der Waals surface area contributed by atoms with E-state index >= 15 is 0 Å². The first-order valence-electron chi connectivity index (χ1n) is 3.95. The zero-order valence-corrected chi connectivity index (χ0v) is 9.56. The van der Waals surface area contributed by atoms with Crippen LogP contribution in [0.3, 0.4) is 0 Å². The average molecular weight is 287 g/mol. The Balaban J connectivity index is 2.28. The van der Waals surface area contributed by atoms with Crippen LogP contribution in [0.15, 0.2) is 0 Å². The van der Waals surface area contributed by atoms with Crippen molar-refractivity contribution < 1.29 is 5.11 Å². The third-order valence-corrected chi connectivity index (χ3v) is 3.55. The number of aliphatic hydroxyl groups excluding tert-OH is 1. The normalized spacial score (nSPS) is 39.0. The first-order valence-corrected chi connectivity index (χ1v) is 7.31. The maximum atomic E-state index is 9.52. The van der Waals surface area contributed by atoms with Gasteiger partial charge in [-0.1, -0.05) is 6.92 Å². The molecular weight excluding hydrogens is 273 g/mol. The highest BCUT2D eigenvalue weighted by atomic mass is 127. The second-order valence-electron chi connectivity index (χ2n) is 3.25. The number of halogens is 1. The van der Waals surface area contributed by atoms with E-state index in [9.17, 15) is 5.11 Å². The van der Waals surface area contributed by atoms with Crippen LogP contribution in [-0.2, 0) is 0 Å². The lowest BCUT2D eigenvalue weighted by atomic mass is 9.85. The van der Waals surface area contributed by atoms with Crippen molar-refractivity contribution in [2.75, 3.05) is 0 Å². The van der Waals surface area contributed by atoms with Gasteiger partial charge in [-0.05, 0) is 34.3 Å². The van der Waals surface area contributed by atoms with E-state index in [1.807, 2.05) is 0 Å². The van der Waals surface area contributed by atoms with E-state index < -0.39 is 0 Å². The molecule has 11 heavy (non-hydrogen) atoms. The summed E-state index contributed by atoms with van der Waals surface area (Å²) in [7, 11) is 1.62. The Labute approximate surface area is 84.2 Å². The van der Waals surface area contributed by atoms with Crippen LogP contribution in [0.4, 0.5) is 0 Å². The molecule has 4 heteroatoms. The Morgan fingerprint density at radius 1 is 1.55 bits per heavy atom. The Morgan fingerprint density at radius 2 is 2.27 bits per heavy atom. The summed E-state index contributed by atoms with van der Waals surface area (Å²) in [5.41, 5.74) is 0. The molecule has 0 aliphatic heterocycles. The van der Waals surface area contributed by atoms with Gasteiger partial charge in [0.25, 0.3) is 0 Å². The van der Waals surface area contributed by atoms with Gasteiger partial charge in [-0.15, -0.1) is 0 Å². The van der Waals surface area contributed by atoms with Crippen LogP contribution < -0.4 is 4.72 Å². The van der Waals surface area contributed by atoms with E-state index in [1.165, 1.54) is 6.42 Å². The summed E-state index contributed by atoms with van der Waals surface area (Å²) in [6, 6.07) is 0.517. The van der Waals surface area contributed by atoms with E-state index in [0.717, 1.165) is 12.8 Å². The molecule has 1 aliphatic rings. The minimum atomic E-state index is -0.0928. The van der Waals surface area contributed by atoms with Crippen LogP contribution in [0.2, 0.25) is 0 Å². The number of rotatable bonds is 2. The number of hydrogen-bond acceptors (Lipinski definition) is 3. The van der Waals surface area contributed by atoms with Crippen LogP contribution in [0, 0.1) is 5.92 Å². The lowest BCUT2D eigenvalue weighted by Gasteiger charge is -2.30. The topological polar surface area (TPSA) is 32.3 Å². The Hall–Kier alpha value is 1.00. The van der Waals surface area contributed by atoms with E-state index in [0.29, 0.717) is 12.0 Å². The monoisotopic (exact) mass is 287 g/mol. The molecule has 1 fully saturated rings. The Kier molecular flexibility index (Phi) is 4.48. The summed E-state index contributed by atoms with van der Waals surface area (Å²) in [6.45, 7) is 2.12. The Bertz CT molecular complexity index is 125. The quantitative estimate of drug-likeness (QED) is 0.603. The molecule has 2 N–H and O–H groups in total. The highest BCUT2D eigenvalue weighted by Crippen LogP contribution is 2.25. The summed E-state index contributed by atoms with van der Waals surface area (Å²) < 4.78 is 3.28. The van der Waals surface area contributed by atoms with Gasteiger partial charge in [0.15, 0.2) is 0 Å². The number of hydrogen-bond donors (Lipinski definition) is 2. The second kappa shape index (κ2) is 4.89. The third-order valence-electron chi connectivity index (χ3n) is 2.36. The molecule has 0 aromatic carbocycles. The first-order chi connectivity index (χ1) is 5.24. The zero-order chi connectivity index (χ0) is 8.27. The van der Waals surface area contributed by atoms with Gasteiger partial charge in [0.1, 0.15) is 0 Å². The molecule has 66 valence electrons. The molecule has 3 atom stereocenters. The molecule has 0 bridgehead atoms. The standard InChI is InChI=1S/C7H14INOS/c1-5-2-3-6(9-11-8)4-7(5)10/h5-7,9-10H,2-4H2,1H3/t5-,6-,7-/m1/s1. The molecule has 0 unspecified atom stereocenters. The van der Waals surface area contributed by atoms with Gasteiger partial charge in [0.05, 0.1) is 6.10 Å². The molecule has 0 spiro atoms. The van der Waals surface area contributed by atoms with Crippen LogP contribution in [0.5, 0.6) is 0 Å². The van der Waals surface area contributed by atoms with Crippen LogP contribution >= 0.6 is 30.3 Å². The lowest BCUT2D eigenvalue weighted by molar-refractivity contribution is 0.0685. The second-order valence-corrected chi connectivity index (χ2v) is 4.96. The van der Waals surface area contributed by atoms with Gasteiger partial charge in [-0.3, -0.25) is 4.72 Å². The highest BCUT2D eigenvalue weighted by molar-refractivity contribution is 14.2. The molecule has 0 aromatic heterocycles. The molecule has 1 saturated carbocycles.